The summed E-state index contributed by atoms with van der Waals surface area (Å²) in [6.45, 7) is 0. The Hall–Kier alpha value is 3.58. The maximum Gasteiger partial charge on any atom is 1.00 e. The molecule has 1 aliphatic rings. The molecule has 1 aliphatic carbocycles. The van der Waals surface area contributed by atoms with E-state index in [4.69, 9.17) is 0 Å². The van der Waals surface area contributed by atoms with Crippen LogP contribution in [0.4, 0.5) is 0 Å². The molecular formula is C16Li8S4. The third kappa shape index (κ3) is 6.81. The standard InChI is InChI=1S/C16S4.8Li/c1-9-10(2-17-1)12-4-19-6-14(12)16-8-20-7-15(16)13-5-18-3-11(9)13;;;;;;;;/q-8;8*+1. The number of fused-ring (bicyclic) bond motifs is 8. The Morgan fingerprint density at radius 1 is 0.250 bits per heavy atom. The van der Waals surface area contributed by atoms with E-state index in [2.05, 4.69) is 43.0 Å². The molecule has 4 heterocycles. The van der Waals surface area contributed by atoms with Gasteiger partial charge in [0.1, 0.15) is 0 Å². The molecule has 4 aromatic heterocycles. The summed E-state index contributed by atoms with van der Waals surface area (Å²) in [5.41, 5.74) is 8.31. The zero-order chi connectivity index (χ0) is 13.1. The van der Waals surface area contributed by atoms with Gasteiger partial charge in [-0.05, 0) is 0 Å². The van der Waals surface area contributed by atoms with Crippen LogP contribution in [0.1, 0.15) is 0 Å². The summed E-state index contributed by atoms with van der Waals surface area (Å²) < 4.78 is 0. The van der Waals surface area contributed by atoms with Crippen molar-refractivity contribution >= 4 is 45.3 Å². The monoisotopic (exact) mass is 376 g/mol. The first-order valence-corrected chi connectivity index (χ1v) is 8.90. The van der Waals surface area contributed by atoms with Gasteiger partial charge in [0.25, 0.3) is 0 Å². The summed E-state index contributed by atoms with van der Waals surface area (Å²) >= 11 is 5.85. The van der Waals surface area contributed by atoms with Crippen molar-refractivity contribution in [1.82, 2.24) is 0 Å². The van der Waals surface area contributed by atoms with Gasteiger partial charge in [0.05, 0.1) is 0 Å². The van der Waals surface area contributed by atoms with E-state index in [0.29, 0.717) is 0 Å². The summed E-state index contributed by atoms with van der Waals surface area (Å²) in [7, 11) is 0. The Labute approximate surface area is 279 Å². The van der Waals surface area contributed by atoms with Gasteiger partial charge in [-0.3, -0.25) is 5.38 Å². The minimum absolute atomic E-state index is 0. The van der Waals surface area contributed by atoms with E-state index in [9.17, 15) is 0 Å². The maximum absolute atomic E-state index is 3.31. The number of rotatable bonds is 0. The van der Waals surface area contributed by atoms with Gasteiger partial charge in [-0.2, -0.15) is 0 Å². The Kier molecular flexibility index (Phi) is 23.7. The largest absolute Gasteiger partial charge is 1.00 e. The first-order valence-electron chi connectivity index (χ1n) is 5.63. The fourth-order valence-corrected chi connectivity index (χ4v) is 4.98. The topological polar surface area (TPSA) is 0 Å². The van der Waals surface area contributed by atoms with Crippen molar-refractivity contribution < 1.29 is 151 Å². The van der Waals surface area contributed by atoms with Crippen LogP contribution in [0.5, 0.6) is 0 Å². The predicted molar refractivity (Wildman–Crippen MR) is 83.9 cm³/mol. The van der Waals surface area contributed by atoms with Crippen molar-refractivity contribution in [3.05, 3.63) is 43.0 Å². The molecule has 96 valence electrons. The van der Waals surface area contributed by atoms with Crippen molar-refractivity contribution in [2.75, 3.05) is 0 Å². The van der Waals surface area contributed by atoms with Crippen LogP contribution < -0.4 is 151 Å². The summed E-state index contributed by atoms with van der Waals surface area (Å²) in [4.78, 5) is 0. The van der Waals surface area contributed by atoms with Crippen molar-refractivity contribution in [1.29, 1.82) is 0 Å². The second kappa shape index (κ2) is 17.1. The van der Waals surface area contributed by atoms with Crippen molar-refractivity contribution in [2.45, 2.75) is 0 Å². The van der Waals surface area contributed by atoms with E-state index in [1.54, 1.807) is 0 Å². The summed E-state index contributed by atoms with van der Waals surface area (Å²) in [6, 6.07) is 0. The molecule has 0 aromatic carbocycles. The van der Waals surface area contributed by atoms with Gasteiger partial charge in [0, 0.05) is 0 Å². The van der Waals surface area contributed by atoms with Crippen LogP contribution in [0.15, 0.2) is 0 Å². The SMILES string of the molecule is [Li+].[Li+].[Li+].[Li+].[Li+].[Li+].[Li+].[Li+].[c-]1s[c-]c2c1-c1[c-]s[c-]c1-c1[c-]s[c-]c1-c1[c-]s[c-]c1-2. The van der Waals surface area contributed by atoms with Gasteiger partial charge in [-0.25, -0.2) is 10.8 Å². The number of thiophene rings is 4. The first kappa shape index (κ1) is 38.8. The van der Waals surface area contributed by atoms with Crippen LogP contribution in [-0.4, -0.2) is 0 Å². The minimum atomic E-state index is 0. The molecule has 0 spiro atoms. The molecule has 28 heavy (non-hydrogen) atoms. The maximum atomic E-state index is 3.31. The molecule has 0 radical (unpaired) electrons. The van der Waals surface area contributed by atoms with Crippen molar-refractivity contribution in [3.63, 3.8) is 0 Å². The van der Waals surface area contributed by atoms with Crippen LogP contribution in [0, 0.1) is 43.0 Å². The molecule has 5 rings (SSSR count). The molecule has 0 atom stereocenters. The molecule has 0 bridgehead atoms. The van der Waals surface area contributed by atoms with Crippen LogP contribution in [0.25, 0.3) is 44.5 Å². The zero-order valence-electron chi connectivity index (χ0n) is 17.6. The van der Waals surface area contributed by atoms with E-state index >= 15 is 0 Å². The smallest absolute Gasteiger partial charge is 0.465 e. The molecule has 4 aromatic rings. The van der Waals surface area contributed by atoms with Gasteiger partial charge in [0.15, 0.2) is 0 Å². The van der Waals surface area contributed by atoms with E-state index in [0.717, 1.165) is 44.5 Å². The quantitative estimate of drug-likeness (QED) is 0.186. The van der Waals surface area contributed by atoms with Crippen LogP contribution in [0.3, 0.4) is 0 Å². The van der Waals surface area contributed by atoms with Gasteiger partial charge < -0.3 is 117 Å². The Bertz CT molecular complexity index is 692. The third-order valence-electron chi connectivity index (χ3n) is 3.22. The molecule has 0 fully saturated rings. The van der Waals surface area contributed by atoms with E-state index in [1.807, 2.05) is 0 Å². The molecule has 0 nitrogen and oxygen atoms in total. The first-order chi connectivity index (χ1) is 9.93. The molecule has 0 amide bonds. The predicted octanol–water partition coefficient (Wildman–Crippen LogP) is -18.7. The van der Waals surface area contributed by atoms with E-state index in [1.165, 1.54) is 45.3 Å². The van der Waals surface area contributed by atoms with E-state index < -0.39 is 0 Å². The van der Waals surface area contributed by atoms with Gasteiger partial charge in [-0.15, -0.1) is 0 Å². The second-order valence-electron chi connectivity index (χ2n) is 4.22. The Balaban J connectivity index is -0.000000360. The number of hydrogen-bond donors (Lipinski definition) is 0. The van der Waals surface area contributed by atoms with Crippen molar-refractivity contribution in [3.8, 4) is 44.5 Å². The van der Waals surface area contributed by atoms with Gasteiger partial charge in [-0.1, -0.05) is 0 Å². The summed E-state index contributed by atoms with van der Waals surface area (Å²) in [5, 5.41) is 26.5. The molecule has 0 unspecified atom stereocenters. The van der Waals surface area contributed by atoms with Gasteiger partial charge >= 0.3 is 151 Å². The van der Waals surface area contributed by atoms with E-state index in [-0.39, 0.29) is 151 Å². The summed E-state index contributed by atoms with van der Waals surface area (Å²) in [6.07, 6.45) is 0. The fourth-order valence-electron chi connectivity index (χ4n) is 2.33. The zero-order valence-corrected chi connectivity index (χ0v) is 20.9. The molecule has 12 heteroatoms. The molecular weight excluding hydrogens is 376 g/mol. The Morgan fingerprint density at radius 3 is 0.464 bits per heavy atom. The van der Waals surface area contributed by atoms with Crippen LogP contribution in [0.2, 0.25) is 0 Å². The van der Waals surface area contributed by atoms with Crippen molar-refractivity contribution in [2.24, 2.45) is 0 Å². The normalized spacial score (nSPS) is 8.57. The summed E-state index contributed by atoms with van der Waals surface area (Å²) in [5.74, 6) is 0. The minimum Gasteiger partial charge on any atom is -0.465 e. The Morgan fingerprint density at radius 2 is 0.357 bits per heavy atom. The van der Waals surface area contributed by atoms with Gasteiger partial charge in [0.2, 0.25) is 0 Å². The van der Waals surface area contributed by atoms with Crippen LogP contribution in [-0.2, 0) is 0 Å². The molecule has 0 saturated heterocycles. The van der Waals surface area contributed by atoms with Crippen LogP contribution >= 0.6 is 45.3 Å². The fraction of sp³-hybridized carbons (Fsp3) is 0. The number of hydrogen-bond acceptors (Lipinski definition) is 4. The second-order valence-corrected chi connectivity index (χ2v) is 6.67. The average molecular weight is 376 g/mol. The molecule has 0 aliphatic heterocycles. The molecule has 0 N–H and O–H groups in total. The average Bonchev–Trinajstić information content (AvgIpc) is 3.21. The molecule has 0 saturated carbocycles. The third-order valence-corrected chi connectivity index (χ3v) is 5.67.